The number of benzene rings is 1. The number of nitrogens with zero attached hydrogens (tertiary/aromatic N) is 4. The summed E-state index contributed by atoms with van der Waals surface area (Å²) < 4.78 is 1.94. The first kappa shape index (κ1) is 14.5. The third kappa shape index (κ3) is 2.95. The Bertz CT molecular complexity index is 622. The van der Waals surface area contributed by atoms with E-state index in [1.807, 2.05) is 17.8 Å². The Morgan fingerprint density at radius 1 is 1.33 bits per heavy atom. The second-order valence-corrected chi connectivity index (χ2v) is 6.32. The first-order valence-electron chi connectivity index (χ1n) is 7.52. The number of hydrogen-bond acceptors (Lipinski definition) is 4. The molecular weight excluding hydrogens is 264 g/mol. The Hall–Kier alpha value is -1.43. The summed E-state index contributed by atoms with van der Waals surface area (Å²) in [7, 11) is 6.15. The van der Waals surface area contributed by atoms with Gasteiger partial charge in [-0.2, -0.15) is 5.10 Å². The summed E-state index contributed by atoms with van der Waals surface area (Å²) >= 11 is 0. The number of aromatic nitrogens is 2. The second-order valence-electron chi connectivity index (χ2n) is 6.32. The van der Waals surface area contributed by atoms with Gasteiger partial charge in [0.25, 0.3) is 0 Å². The van der Waals surface area contributed by atoms with Crippen LogP contribution in [0, 0.1) is 0 Å². The molecular formula is C16H24N4O. The third-order valence-corrected chi connectivity index (χ3v) is 4.27. The zero-order valence-corrected chi connectivity index (χ0v) is 13.0. The van der Waals surface area contributed by atoms with Gasteiger partial charge in [-0.15, -0.1) is 0 Å². The molecule has 1 fully saturated rings. The van der Waals surface area contributed by atoms with Crippen LogP contribution in [-0.4, -0.2) is 64.0 Å². The van der Waals surface area contributed by atoms with Crippen LogP contribution in [0.3, 0.4) is 0 Å². The van der Waals surface area contributed by atoms with Crippen molar-refractivity contribution >= 4 is 10.9 Å². The minimum Gasteiger partial charge on any atom is -0.392 e. The van der Waals surface area contributed by atoms with Gasteiger partial charge in [-0.1, -0.05) is 18.2 Å². The van der Waals surface area contributed by atoms with E-state index in [-0.39, 0.29) is 6.10 Å². The molecule has 0 radical (unpaired) electrons. The van der Waals surface area contributed by atoms with E-state index in [1.54, 1.807) is 0 Å². The summed E-state index contributed by atoms with van der Waals surface area (Å²) in [6.07, 6.45) is 0.632. The summed E-state index contributed by atoms with van der Waals surface area (Å²) in [4.78, 5) is 4.55. The number of β-amino-alcohol motifs (C(OH)–C–C–N with tert-alkyl or cyclic N) is 1. The molecule has 0 aliphatic carbocycles. The van der Waals surface area contributed by atoms with Crippen molar-refractivity contribution in [2.24, 2.45) is 7.05 Å². The van der Waals surface area contributed by atoms with Crippen LogP contribution in [0.25, 0.3) is 10.9 Å². The SMILES string of the molecule is CN(C)CC1CC(O)CN1Cc1nn(C)c2ccccc12. The van der Waals surface area contributed by atoms with Gasteiger partial charge in [-0.3, -0.25) is 9.58 Å². The molecule has 2 atom stereocenters. The number of aryl methyl sites for hydroxylation is 1. The summed E-state index contributed by atoms with van der Waals surface area (Å²) in [5, 5.41) is 15.9. The largest absolute Gasteiger partial charge is 0.392 e. The number of aliphatic hydroxyl groups is 1. The van der Waals surface area contributed by atoms with E-state index in [0.717, 1.165) is 37.3 Å². The number of para-hydroxylation sites is 1. The van der Waals surface area contributed by atoms with E-state index < -0.39 is 0 Å². The molecule has 1 aromatic heterocycles. The number of aliphatic hydroxyl groups excluding tert-OH is 1. The van der Waals surface area contributed by atoms with Crippen molar-refractivity contribution in [3.8, 4) is 0 Å². The van der Waals surface area contributed by atoms with Crippen LogP contribution >= 0.6 is 0 Å². The van der Waals surface area contributed by atoms with Gasteiger partial charge in [0, 0.05) is 38.1 Å². The Kier molecular flexibility index (Phi) is 3.97. The highest BCUT2D eigenvalue weighted by molar-refractivity contribution is 5.81. The standard InChI is InChI=1S/C16H24N4O/c1-18(2)9-12-8-13(21)10-20(12)11-15-14-6-4-5-7-16(14)19(3)17-15/h4-7,12-13,21H,8-11H2,1-3H3. The van der Waals surface area contributed by atoms with Gasteiger partial charge in [0.2, 0.25) is 0 Å². The average molecular weight is 288 g/mol. The van der Waals surface area contributed by atoms with Crippen LogP contribution in [0.1, 0.15) is 12.1 Å². The average Bonchev–Trinajstić information content (AvgIpc) is 2.92. The van der Waals surface area contributed by atoms with Gasteiger partial charge >= 0.3 is 0 Å². The van der Waals surface area contributed by atoms with E-state index in [9.17, 15) is 5.11 Å². The van der Waals surface area contributed by atoms with E-state index in [1.165, 1.54) is 5.39 Å². The van der Waals surface area contributed by atoms with Crippen LogP contribution in [-0.2, 0) is 13.6 Å². The molecule has 1 saturated heterocycles. The van der Waals surface area contributed by atoms with Gasteiger partial charge in [0.1, 0.15) is 0 Å². The molecule has 21 heavy (non-hydrogen) atoms. The number of rotatable bonds is 4. The number of hydrogen-bond donors (Lipinski definition) is 1. The molecule has 0 saturated carbocycles. The molecule has 114 valence electrons. The van der Waals surface area contributed by atoms with Crippen molar-refractivity contribution in [1.29, 1.82) is 0 Å². The lowest BCUT2D eigenvalue weighted by molar-refractivity contribution is 0.168. The van der Waals surface area contributed by atoms with Crippen LogP contribution in [0.5, 0.6) is 0 Å². The van der Waals surface area contributed by atoms with Crippen LogP contribution < -0.4 is 0 Å². The van der Waals surface area contributed by atoms with Gasteiger partial charge in [-0.05, 0) is 26.6 Å². The number of likely N-dealkylation sites (tertiary alicyclic amines) is 1. The summed E-state index contributed by atoms with van der Waals surface area (Å²) in [5.41, 5.74) is 2.27. The molecule has 1 aliphatic heterocycles. The van der Waals surface area contributed by atoms with Gasteiger partial charge < -0.3 is 10.0 Å². The molecule has 5 nitrogen and oxygen atoms in total. The summed E-state index contributed by atoms with van der Waals surface area (Å²) in [6, 6.07) is 8.73. The molecule has 0 amide bonds. The zero-order valence-electron chi connectivity index (χ0n) is 13.0. The van der Waals surface area contributed by atoms with Crippen molar-refractivity contribution in [3.05, 3.63) is 30.0 Å². The first-order valence-corrected chi connectivity index (χ1v) is 7.52. The van der Waals surface area contributed by atoms with E-state index >= 15 is 0 Å². The predicted molar refractivity (Wildman–Crippen MR) is 84.1 cm³/mol. The highest BCUT2D eigenvalue weighted by atomic mass is 16.3. The molecule has 2 aromatic rings. The number of likely N-dealkylation sites (N-methyl/N-ethyl adjacent to an activating group) is 1. The minimum atomic E-state index is -0.218. The molecule has 5 heteroatoms. The van der Waals surface area contributed by atoms with Crippen LogP contribution in [0.2, 0.25) is 0 Å². The topological polar surface area (TPSA) is 44.5 Å². The maximum absolute atomic E-state index is 9.99. The maximum Gasteiger partial charge on any atom is 0.0843 e. The Labute approximate surface area is 125 Å². The molecule has 2 unspecified atom stereocenters. The molecule has 3 rings (SSSR count). The van der Waals surface area contributed by atoms with E-state index in [2.05, 4.69) is 47.2 Å². The quantitative estimate of drug-likeness (QED) is 0.914. The van der Waals surface area contributed by atoms with E-state index in [4.69, 9.17) is 0 Å². The maximum atomic E-state index is 9.99. The molecule has 2 heterocycles. The third-order valence-electron chi connectivity index (χ3n) is 4.27. The number of fused-ring (bicyclic) bond motifs is 1. The molecule has 1 aliphatic rings. The summed E-state index contributed by atoms with van der Waals surface area (Å²) in [6.45, 7) is 2.52. The highest BCUT2D eigenvalue weighted by Crippen LogP contribution is 2.24. The fraction of sp³-hybridized carbons (Fsp3) is 0.562. The van der Waals surface area contributed by atoms with Crippen molar-refractivity contribution in [1.82, 2.24) is 19.6 Å². The molecule has 0 spiro atoms. The molecule has 1 N–H and O–H groups in total. The fourth-order valence-corrected chi connectivity index (χ4v) is 3.36. The molecule has 0 bridgehead atoms. The minimum absolute atomic E-state index is 0.218. The lowest BCUT2D eigenvalue weighted by atomic mass is 10.1. The predicted octanol–water partition coefficient (Wildman–Crippen LogP) is 1.07. The summed E-state index contributed by atoms with van der Waals surface area (Å²) in [5.74, 6) is 0. The zero-order chi connectivity index (χ0) is 15.0. The van der Waals surface area contributed by atoms with Gasteiger partial charge in [0.15, 0.2) is 0 Å². The van der Waals surface area contributed by atoms with Crippen LogP contribution in [0.15, 0.2) is 24.3 Å². The lowest BCUT2D eigenvalue weighted by Crippen LogP contribution is -2.37. The van der Waals surface area contributed by atoms with Crippen molar-refractivity contribution in [2.75, 3.05) is 27.2 Å². The lowest BCUT2D eigenvalue weighted by Gasteiger charge is -2.26. The highest BCUT2D eigenvalue weighted by Gasteiger charge is 2.31. The van der Waals surface area contributed by atoms with Crippen molar-refractivity contribution < 1.29 is 5.11 Å². The second kappa shape index (κ2) is 5.75. The monoisotopic (exact) mass is 288 g/mol. The Morgan fingerprint density at radius 2 is 2.10 bits per heavy atom. The van der Waals surface area contributed by atoms with Gasteiger partial charge in [0.05, 0.1) is 17.3 Å². The molecule has 1 aromatic carbocycles. The Morgan fingerprint density at radius 3 is 2.86 bits per heavy atom. The fourth-order valence-electron chi connectivity index (χ4n) is 3.36. The first-order chi connectivity index (χ1) is 10.0. The van der Waals surface area contributed by atoms with Crippen molar-refractivity contribution in [3.63, 3.8) is 0 Å². The van der Waals surface area contributed by atoms with E-state index in [0.29, 0.717) is 6.04 Å². The Balaban J connectivity index is 1.84. The van der Waals surface area contributed by atoms with Gasteiger partial charge in [-0.25, -0.2) is 0 Å². The van der Waals surface area contributed by atoms with Crippen LogP contribution in [0.4, 0.5) is 0 Å². The van der Waals surface area contributed by atoms with Crippen molar-refractivity contribution in [2.45, 2.75) is 25.1 Å². The smallest absolute Gasteiger partial charge is 0.0843 e. The normalized spacial score (nSPS) is 23.5.